The number of carbonyl (C=O) groups excluding carboxylic acids is 2. The van der Waals surface area contributed by atoms with E-state index in [2.05, 4.69) is 27.8 Å². The van der Waals surface area contributed by atoms with Crippen LogP contribution in [0.4, 0.5) is 4.79 Å². The number of carboxylic acid groups (broad SMARTS) is 1. The van der Waals surface area contributed by atoms with Crippen molar-refractivity contribution >= 4 is 18.0 Å². The predicted octanol–water partition coefficient (Wildman–Crippen LogP) is 3.16. The number of fused-ring (bicyclic) bond motifs is 3. The van der Waals surface area contributed by atoms with Crippen molar-refractivity contribution in [1.29, 1.82) is 0 Å². The van der Waals surface area contributed by atoms with Crippen LogP contribution in [0.15, 0.2) is 59.3 Å². The Morgan fingerprint density at radius 3 is 2.35 bits per heavy atom. The highest BCUT2D eigenvalue weighted by molar-refractivity contribution is 5.93. The SMILES string of the molecule is O=C(NCc1ocnc1C(=O)NC[C@@H]1C[C@@H]1C(=O)O)OCC1c2ccccc2-c2ccccc21. The summed E-state index contributed by atoms with van der Waals surface area (Å²) in [6, 6.07) is 16.1. The number of oxazole rings is 1. The summed E-state index contributed by atoms with van der Waals surface area (Å²) in [6.07, 6.45) is 1.04. The van der Waals surface area contributed by atoms with Gasteiger partial charge in [0, 0.05) is 12.5 Å². The molecule has 3 N–H and O–H groups in total. The summed E-state index contributed by atoms with van der Waals surface area (Å²) in [7, 11) is 0. The van der Waals surface area contributed by atoms with Crippen molar-refractivity contribution in [3.8, 4) is 11.1 Å². The summed E-state index contributed by atoms with van der Waals surface area (Å²) in [5.41, 5.74) is 4.57. The molecule has 3 aromatic rings. The van der Waals surface area contributed by atoms with Gasteiger partial charge in [0.05, 0.1) is 12.5 Å². The van der Waals surface area contributed by atoms with Gasteiger partial charge in [-0.2, -0.15) is 0 Å². The lowest BCUT2D eigenvalue weighted by atomic mass is 9.98. The van der Waals surface area contributed by atoms with Gasteiger partial charge in [-0.25, -0.2) is 9.78 Å². The minimum absolute atomic E-state index is 0.0477. The van der Waals surface area contributed by atoms with Crippen molar-refractivity contribution < 1.29 is 28.6 Å². The fourth-order valence-corrected chi connectivity index (χ4v) is 4.47. The zero-order chi connectivity index (χ0) is 23.7. The molecule has 0 saturated heterocycles. The summed E-state index contributed by atoms with van der Waals surface area (Å²) in [5.74, 6) is -1.68. The second-order valence-corrected chi connectivity index (χ2v) is 8.45. The Balaban J connectivity index is 1.14. The Kier molecular flexibility index (Phi) is 5.75. The van der Waals surface area contributed by atoms with E-state index in [9.17, 15) is 14.4 Å². The lowest BCUT2D eigenvalue weighted by molar-refractivity contribution is -0.138. The van der Waals surface area contributed by atoms with Gasteiger partial charge in [-0.15, -0.1) is 0 Å². The van der Waals surface area contributed by atoms with Crippen LogP contribution < -0.4 is 10.6 Å². The molecule has 0 aliphatic heterocycles. The van der Waals surface area contributed by atoms with E-state index in [1.165, 1.54) is 0 Å². The van der Waals surface area contributed by atoms with Gasteiger partial charge < -0.3 is 24.9 Å². The van der Waals surface area contributed by atoms with Crippen LogP contribution in [0.5, 0.6) is 0 Å². The number of aromatic nitrogens is 1. The van der Waals surface area contributed by atoms with Crippen molar-refractivity contribution in [3.63, 3.8) is 0 Å². The number of amides is 2. The first-order valence-corrected chi connectivity index (χ1v) is 11.0. The zero-order valence-electron chi connectivity index (χ0n) is 18.2. The number of alkyl carbamates (subject to hydrolysis) is 1. The number of benzene rings is 2. The molecule has 1 fully saturated rings. The van der Waals surface area contributed by atoms with E-state index in [0.717, 1.165) is 28.6 Å². The molecule has 2 aliphatic rings. The number of carbonyl (C=O) groups is 3. The lowest BCUT2D eigenvalue weighted by Crippen LogP contribution is -2.29. The van der Waals surface area contributed by atoms with Gasteiger partial charge >= 0.3 is 12.1 Å². The first kappa shape index (κ1) is 21.7. The molecule has 1 saturated carbocycles. The Hall–Kier alpha value is -4.14. The molecule has 174 valence electrons. The Morgan fingerprint density at radius 2 is 1.71 bits per heavy atom. The van der Waals surface area contributed by atoms with Crippen molar-refractivity contribution in [3.05, 3.63) is 77.5 Å². The molecule has 0 spiro atoms. The number of nitrogens with zero attached hydrogens (tertiary/aromatic N) is 1. The van der Waals surface area contributed by atoms with Gasteiger partial charge in [0.25, 0.3) is 5.91 Å². The number of aliphatic carboxylic acids is 1. The van der Waals surface area contributed by atoms with Crippen molar-refractivity contribution in [2.45, 2.75) is 18.9 Å². The van der Waals surface area contributed by atoms with Crippen LogP contribution in [-0.2, 0) is 16.1 Å². The van der Waals surface area contributed by atoms with Crippen molar-refractivity contribution in [1.82, 2.24) is 15.6 Å². The van der Waals surface area contributed by atoms with Gasteiger partial charge in [-0.3, -0.25) is 9.59 Å². The van der Waals surface area contributed by atoms with E-state index in [-0.39, 0.29) is 43.0 Å². The fourth-order valence-electron chi connectivity index (χ4n) is 4.47. The van der Waals surface area contributed by atoms with Gasteiger partial charge in [0.1, 0.15) is 6.61 Å². The lowest BCUT2D eigenvalue weighted by Gasteiger charge is -2.14. The second kappa shape index (κ2) is 9.01. The fraction of sp³-hybridized carbons (Fsp3) is 0.280. The van der Waals surface area contributed by atoms with Crippen molar-refractivity contribution in [2.75, 3.05) is 13.2 Å². The molecule has 2 aromatic carbocycles. The normalized spacial score (nSPS) is 18.0. The molecule has 1 aromatic heterocycles. The highest BCUT2D eigenvalue weighted by Crippen LogP contribution is 2.44. The summed E-state index contributed by atoms with van der Waals surface area (Å²) < 4.78 is 10.7. The molecule has 1 heterocycles. The molecular formula is C25H23N3O6. The number of nitrogens with one attached hydrogen (secondary N) is 2. The third-order valence-corrected chi connectivity index (χ3v) is 6.36. The molecule has 5 rings (SSSR count). The maximum absolute atomic E-state index is 12.4. The number of hydrogen-bond acceptors (Lipinski definition) is 6. The first-order chi connectivity index (χ1) is 16.5. The Morgan fingerprint density at radius 1 is 1.03 bits per heavy atom. The summed E-state index contributed by atoms with van der Waals surface area (Å²) in [5, 5.41) is 14.2. The van der Waals surface area contributed by atoms with Crippen LogP contribution in [0.2, 0.25) is 0 Å². The maximum atomic E-state index is 12.4. The molecule has 9 nitrogen and oxygen atoms in total. The van der Waals surface area contributed by atoms with Crippen LogP contribution in [0.3, 0.4) is 0 Å². The average molecular weight is 461 g/mol. The second-order valence-electron chi connectivity index (χ2n) is 8.45. The highest BCUT2D eigenvalue weighted by Gasteiger charge is 2.43. The molecule has 2 atom stereocenters. The van der Waals surface area contributed by atoms with Crippen LogP contribution in [0, 0.1) is 11.8 Å². The third kappa shape index (κ3) is 4.24. The van der Waals surface area contributed by atoms with Crippen LogP contribution in [-0.4, -0.2) is 41.2 Å². The Labute approximate surface area is 195 Å². The number of rotatable bonds is 8. The number of carboxylic acids is 1. The van der Waals surface area contributed by atoms with E-state index in [1.807, 2.05) is 36.4 Å². The van der Waals surface area contributed by atoms with E-state index in [1.54, 1.807) is 0 Å². The first-order valence-electron chi connectivity index (χ1n) is 11.0. The minimum Gasteiger partial charge on any atom is -0.481 e. The molecule has 2 aliphatic carbocycles. The number of hydrogen-bond donors (Lipinski definition) is 3. The van der Waals surface area contributed by atoms with E-state index < -0.39 is 23.9 Å². The maximum Gasteiger partial charge on any atom is 0.407 e. The smallest absolute Gasteiger partial charge is 0.407 e. The van der Waals surface area contributed by atoms with E-state index in [0.29, 0.717) is 6.42 Å². The van der Waals surface area contributed by atoms with Crippen LogP contribution >= 0.6 is 0 Å². The minimum atomic E-state index is -0.853. The monoisotopic (exact) mass is 461 g/mol. The summed E-state index contributed by atoms with van der Waals surface area (Å²) in [6.45, 7) is 0.359. The molecule has 9 heteroatoms. The van der Waals surface area contributed by atoms with Gasteiger partial charge in [0.2, 0.25) is 0 Å². The average Bonchev–Trinajstić information content (AvgIpc) is 3.36. The van der Waals surface area contributed by atoms with Gasteiger partial charge in [-0.05, 0) is 34.6 Å². The standard InChI is InChI=1S/C25H23N3O6/c29-23(26-10-14-9-19(14)24(30)31)22-21(34-13-28-22)11-27-25(32)33-12-20-17-7-3-1-5-15(17)16-6-2-4-8-18(16)20/h1-8,13-14,19-20H,9-12H2,(H,26,29)(H,27,32)(H,30,31)/t14-,19-/m0/s1. The summed E-state index contributed by atoms with van der Waals surface area (Å²) in [4.78, 5) is 39.6. The summed E-state index contributed by atoms with van der Waals surface area (Å²) >= 11 is 0. The molecule has 0 radical (unpaired) electrons. The van der Waals surface area contributed by atoms with Crippen molar-refractivity contribution in [2.24, 2.45) is 11.8 Å². The largest absolute Gasteiger partial charge is 0.481 e. The molecular weight excluding hydrogens is 438 g/mol. The van der Waals surface area contributed by atoms with Gasteiger partial charge in [0.15, 0.2) is 17.8 Å². The van der Waals surface area contributed by atoms with E-state index >= 15 is 0 Å². The molecule has 34 heavy (non-hydrogen) atoms. The molecule has 0 bridgehead atoms. The third-order valence-electron chi connectivity index (χ3n) is 6.36. The molecule has 2 amide bonds. The topological polar surface area (TPSA) is 131 Å². The quantitative estimate of drug-likeness (QED) is 0.470. The van der Waals surface area contributed by atoms with Crippen LogP contribution in [0.25, 0.3) is 11.1 Å². The van der Waals surface area contributed by atoms with Crippen LogP contribution in [0.1, 0.15) is 39.7 Å². The van der Waals surface area contributed by atoms with E-state index in [4.69, 9.17) is 14.3 Å². The van der Waals surface area contributed by atoms with Gasteiger partial charge in [-0.1, -0.05) is 48.5 Å². The highest BCUT2D eigenvalue weighted by atomic mass is 16.5. The molecule has 0 unspecified atom stereocenters. The zero-order valence-corrected chi connectivity index (χ0v) is 18.2. The predicted molar refractivity (Wildman–Crippen MR) is 120 cm³/mol. The Bertz CT molecular complexity index is 1210. The number of ether oxygens (including phenoxy) is 1.